The molecule has 2 bridgehead atoms. The number of carbonyl (C=O) groups is 1. The third kappa shape index (κ3) is 4.08. The largest absolute Gasteiger partial charge is 0.467 e. The molecule has 0 spiro atoms. The van der Waals surface area contributed by atoms with Crippen molar-refractivity contribution in [1.29, 1.82) is 0 Å². The second-order valence-corrected chi connectivity index (χ2v) is 8.89. The molecule has 0 N–H and O–H groups in total. The SMILES string of the molecule is O=C(c1coc(CN2CCOCC2)c1)N1C[C@H]2CC[C@@H](C1)N(CC1CC1)C2. The van der Waals surface area contributed by atoms with Gasteiger partial charge in [0.2, 0.25) is 0 Å². The predicted molar refractivity (Wildman–Crippen MR) is 102 cm³/mol. The van der Waals surface area contributed by atoms with Crippen molar-refractivity contribution in [1.82, 2.24) is 14.7 Å². The molecule has 27 heavy (non-hydrogen) atoms. The van der Waals surface area contributed by atoms with Crippen LogP contribution in [0.15, 0.2) is 16.7 Å². The summed E-state index contributed by atoms with van der Waals surface area (Å²) in [6.07, 6.45) is 6.97. The average molecular weight is 373 g/mol. The van der Waals surface area contributed by atoms with Crippen LogP contribution in [0.5, 0.6) is 0 Å². The molecule has 0 radical (unpaired) electrons. The van der Waals surface area contributed by atoms with Crippen molar-refractivity contribution in [3.05, 3.63) is 23.7 Å². The van der Waals surface area contributed by atoms with E-state index in [1.54, 1.807) is 6.26 Å². The molecule has 1 aromatic rings. The number of amides is 1. The fourth-order valence-corrected chi connectivity index (χ4v) is 4.94. The highest BCUT2D eigenvalue weighted by Crippen LogP contribution is 2.35. The molecule has 0 unspecified atom stereocenters. The Bertz CT molecular complexity index is 665. The fraction of sp³-hybridized carbons (Fsp3) is 0.762. The number of morpholine rings is 1. The molecule has 5 heterocycles. The van der Waals surface area contributed by atoms with Gasteiger partial charge in [-0.15, -0.1) is 0 Å². The number of hydrogen-bond acceptors (Lipinski definition) is 5. The zero-order chi connectivity index (χ0) is 18.2. The van der Waals surface area contributed by atoms with Gasteiger partial charge in [0.25, 0.3) is 5.91 Å². The first-order chi connectivity index (χ1) is 13.2. The average Bonchev–Trinajstić information content (AvgIpc) is 3.45. The van der Waals surface area contributed by atoms with Crippen molar-refractivity contribution >= 4 is 5.91 Å². The molecule has 1 aromatic heterocycles. The summed E-state index contributed by atoms with van der Waals surface area (Å²) in [6, 6.07) is 2.50. The highest BCUT2D eigenvalue weighted by molar-refractivity contribution is 5.94. The molecule has 1 amide bonds. The third-order valence-electron chi connectivity index (χ3n) is 6.69. The van der Waals surface area contributed by atoms with Crippen LogP contribution in [0.1, 0.15) is 41.8 Å². The molecule has 4 aliphatic heterocycles. The third-order valence-corrected chi connectivity index (χ3v) is 6.69. The fourth-order valence-electron chi connectivity index (χ4n) is 4.94. The Morgan fingerprint density at radius 3 is 2.74 bits per heavy atom. The van der Waals surface area contributed by atoms with E-state index >= 15 is 0 Å². The van der Waals surface area contributed by atoms with Gasteiger partial charge in [0.05, 0.1) is 25.3 Å². The first kappa shape index (κ1) is 17.7. The van der Waals surface area contributed by atoms with Gasteiger partial charge in [-0.1, -0.05) is 0 Å². The van der Waals surface area contributed by atoms with Crippen LogP contribution in [0.25, 0.3) is 0 Å². The van der Waals surface area contributed by atoms with E-state index < -0.39 is 0 Å². The van der Waals surface area contributed by atoms with Crippen LogP contribution in [0.2, 0.25) is 0 Å². The number of fused-ring (bicyclic) bond motifs is 4. The van der Waals surface area contributed by atoms with Crippen LogP contribution in [-0.4, -0.2) is 79.1 Å². The zero-order valence-electron chi connectivity index (χ0n) is 16.1. The number of furan rings is 1. The summed E-state index contributed by atoms with van der Waals surface area (Å²) in [6.45, 7) is 8.38. The van der Waals surface area contributed by atoms with Gasteiger partial charge < -0.3 is 14.1 Å². The van der Waals surface area contributed by atoms with Gasteiger partial charge in [0, 0.05) is 45.3 Å². The lowest BCUT2D eigenvalue weighted by Gasteiger charge is -2.36. The molecule has 6 heteroatoms. The highest BCUT2D eigenvalue weighted by atomic mass is 16.5. The maximum Gasteiger partial charge on any atom is 0.257 e. The lowest BCUT2D eigenvalue weighted by Crippen LogP contribution is -2.45. The van der Waals surface area contributed by atoms with Gasteiger partial charge in [-0.05, 0) is 43.6 Å². The second kappa shape index (κ2) is 7.57. The van der Waals surface area contributed by atoms with Crippen molar-refractivity contribution in [3.63, 3.8) is 0 Å². The van der Waals surface area contributed by atoms with Gasteiger partial charge in [0.15, 0.2) is 0 Å². The number of nitrogens with zero attached hydrogens (tertiary/aromatic N) is 3. The summed E-state index contributed by atoms with van der Waals surface area (Å²) in [7, 11) is 0. The number of carbonyl (C=O) groups excluding carboxylic acids is 1. The number of piperidine rings is 1. The molecular formula is C21H31N3O3. The molecule has 1 aliphatic carbocycles. The molecule has 4 saturated heterocycles. The monoisotopic (exact) mass is 373 g/mol. The smallest absolute Gasteiger partial charge is 0.257 e. The van der Waals surface area contributed by atoms with Crippen LogP contribution < -0.4 is 0 Å². The van der Waals surface area contributed by atoms with E-state index in [2.05, 4.69) is 14.7 Å². The lowest BCUT2D eigenvalue weighted by atomic mass is 9.95. The van der Waals surface area contributed by atoms with Crippen molar-refractivity contribution in [2.75, 3.05) is 52.5 Å². The van der Waals surface area contributed by atoms with Crippen LogP contribution in [0, 0.1) is 11.8 Å². The van der Waals surface area contributed by atoms with Crippen molar-refractivity contribution in [3.8, 4) is 0 Å². The van der Waals surface area contributed by atoms with E-state index in [0.717, 1.165) is 57.6 Å². The molecule has 6 rings (SSSR count). The van der Waals surface area contributed by atoms with E-state index in [0.29, 0.717) is 17.5 Å². The van der Waals surface area contributed by atoms with Crippen molar-refractivity contribution in [2.45, 2.75) is 38.3 Å². The van der Waals surface area contributed by atoms with E-state index in [4.69, 9.17) is 9.15 Å². The molecule has 5 fully saturated rings. The zero-order valence-corrected chi connectivity index (χ0v) is 16.1. The van der Waals surface area contributed by atoms with Gasteiger partial charge in [-0.3, -0.25) is 14.6 Å². The molecule has 5 aliphatic rings. The van der Waals surface area contributed by atoms with E-state index in [1.165, 1.54) is 38.8 Å². The Labute approximate surface area is 161 Å². The van der Waals surface area contributed by atoms with E-state index in [9.17, 15) is 4.79 Å². The Hall–Kier alpha value is -1.37. The molecule has 2 atom stereocenters. The van der Waals surface area contributed by atoms with Gasteiger partial charge in [-0.2, -0.15) is 0 Å². The Kier molecular flexibility index (Phi) is 4.96. The minimum atomic E-state index is 0.150. The summed E-state index contributed by atoms with van der Waals surface area (Å²) in [5.74, 6) is 2.59. The maximum absolute atomic E-state index is 13.1. The first-order valence-corrected chi connectivity index (χ1v) is 10.7. The van der Waals surface area contributed by atoms with Crippen molar-refractivity contribution in [2.24, 2.45) is 11.8 Å². The minimum Gasteiger partial charge on any atom is -0.467 e. The van der Waals surface area contributed by atoms with E-state index in [-0.39, 0.29) is 5.91 Å². The van der Waals surface area contributed by atoms with Crippen LogP contribution in [0.3, 0.4) is 0 Å². The van der Waals surface area contributed by atoms with Gasteiger partial charge >= 0.3 is 0 Å². The molecular weight excluding hydrogens is 342 g/mol. The minimum absolute atomic E-state index is 0.150. The molecule has 1 saturated carbocycles. The Morgan fingerprint density at radius 1 is 1.07 bits per heavy atom. The van der Waals surface area contributed by atoms with E-state index in [1.807, 2.05) is 6.07 Å². The van der Waals surface area contributed by atoms with Crippen LogP contribution in [0.4, 0.5) is 0 Å². The van der Waals surface area contributed by atoms with Crippen LogP contribution in [-0.2, 0) is 11.3 Å². The number of ether oxygens (including phenoxy) is 1. The quantitative estimate of drug-likeness (QED) is 0.791. The predicted octanol–water partition coefficient (Wildman–Crippen LogP) is 2.06. The van der Waals surface area contributed by atoms with Gasteiger partial charge in [0.1, 0.15) is 12.0 Å². The lowest BCUT2D eigenvalue weighted by molar-refractivity contribution is 0.0313. The van der Waals surface area contributed by atoms with Crippen molar-refractivity contribution < 1.29 is 13.9 Å². The Morgan fingerprint density at radius 2 is 1.93 bits per heavy atom. The summed E-state index contributed by atoms with van der Waals surface area (Å²) in [5, 5.41) is 0. The number of hydrogen-bond donors (Lipinski definition) is 0. The van der Waals surface area contributed by atoms with Crippen LogP contribution >= 0.6 is 0 Å². The number of rotatable bonds is 5. The summed E-state index contributed by atoms with van der Waals surface area (Å²) in [5.41, 5.74) is 0.716. The Balaban J connectivity index is 1.23. The normalized spacial score (nSPS) is 29.9. The topological polar surface area (TPSA) is 49.2 Å². The second-order valence-electron chi connectivity index (χ2n) is 8.89. The molecule has 148 valence electrons. The first-order valence-electron chi connectivity index (χ1n) is 10.7. The summed E-state index contributed by atoms with van der Waals surface area (Å²) in [4.78, 5) is 20.2. The van der Waals surface area contributed by atoms with Gasteiger partial charge in [-0.25, -0.2) is 0 Å². The standard InChI is InChI=1S/C21H31N3O3/c25-21(18-9-20(27-15-18)14-22-5-7-26-8-6-22)24-12-17-3-4-19(13-24)23(11-17)10-16-1-2-16/h9,15-17,19H,1-8,10-14H2/t17-,19-/m0/s1. The molecule has 0 aromatic carbocycles. The summed E-state index contributed by atoms with van der Waals surface area (Å²) >= 11 is 0. The molecule has 6 nitrogen and oxygen atoms in total. The highest BCUT2D eigenvalue weighted by Gasteiger charge is 2.38. The summed E-state index contributed by atoms with van der Waals surface area (Å²) < 4.78 is 11.1. The maximum atomic E-state index is 13.1.